The molecule has 17 nitrogen and oxygen atoms in total. The molecule has 1 aliphatic carbocycles. The molecule has 0 spiro atoms. The second-order valence-corrected chi connectivity index (χ2v) is 18.6. The van der Waals surface area contributed by atoms with Crippen LogP contribution in [0.5, 0.6) is 11.5 Å². The normalized spacial score (nSPS) is 18.4. The summed E-state index contributed by atoms with van der Waals surface area (Å²) >= 11 is 0. The number of aryl methyl sites for hydroxylation is 1. The van der Waals surface area contributed by atoms with E-state index < -0.39 is 46.6 Å². The molecule has 4 aromatic carbocycles. The van der Waals surface area contributed by atoms with Crippen molar-refractivity contribution in [3.05, 3.63) is 130 Å². The SMILES string of the molecule is COc1ccc(COc2c(F)cc(C(=O)NC[C@H]3CC[C@H](n4cc5ccc(-c6cncc(N7CCN(C(=O)Cc8ccc9c(c8)n(C)c(=O)n9C8CCC(=O)NC8=O)CC7)n6)cc5n4)CC3)c(F)c2F)cc1. The van der Waals surface area contributed by atoms with Gasteiger partial charge in [0.2, 0.25) is 23.5 Å². The van der Waals surface area contributed by atoms with Gasteiger partial charge in [0.05, 0.1) is 59.8 Å². The van der Waals surface area contributed by atoms with Gasteiger partial charge in [-0.1, -0.05) is 30.3 Å². The highest BCUT2D eigenvalue weighted by Crippen LogP contribution is 2.34. The van der Waals surface area contributed by atoms with Gasteiger partial charge in [-0.3, -0.25) is 43.3 Å². The smallest absolute Gasteiger partial charge is 0.329 e. The summed E-state index contributed by atoms with van der Waals surface area (Å²) in [6.45, 7) is 2.08. The fraction of sp³-hybridized carbons (Fsp3) is 0.346. The van der Waals surface area contributed by atoms with E-state index in [-0.39, 0.29) is 61.9 Å². The van der Waals surface area contributed by atoms with E-state index in [1.165, 1.54) is 16.2 Å². The number of hydrogen-bond donors (Lipinski definition) is 2. The summed E-state index contributed by atoms with van der Waals surface area (Å²) in [7, 11) is 3.14. The second kappa shape index (κ2) is 20.0. The Kier molecular flexibility index (Phi) is 13.2. The maximum Gasteiger partial charge on any atom is 0.329 e. The van der Waals surface area contributed by atoms with Crippen molar-refractivity contribution in [1.82, 2.24) is 44.4 Å². The number of fused-ring (bicyclic) bond motifs is 2. The number of ether oxygens (including phenoxy) is 2. The number of nitrogens with one attached hydrogen (secondary N) is 2. The Bertz CT molecular complexity index is 3300. The van der Waals surface area contributed by atoms with Crippen molar-refractivity contribution in [2.75, 3.05) is 44.7 Å². The predicted octanol–water partition coefficient (Wildman–Crippen LogP) is 6.18. The quantitative estimate of drug-likeness (QED) is 0.0993. The molecule has 372 valence electrons. The third-order valence-electron chi connectivity index (χ3n) is 14.1. The molecule has 3 aromatic heterocycles. The lowest BCUT2D eigenvalue weighted by Crippen LogP contribution is -2.49. The van der Waals surface area contributed by atoms with Gasteiger partial charge in [-0.05, 0) is 85.5 Å². The molecule has 2 N–H and O–H groups in total. The number of aromatic nitrogens is 6. The Balaban J connectivity index is 0.707. The van der Waals surface area contributed by atoms with Gasteiger partial charge in [-0.25, -0.2) is 18.6 Å². The fourth-order valence-corrected chi connectivity index (χ4v) is 9.95. The van der Waals surface area contributed by atoms with Crippen molar-refractivity contribution in [1.29, 1.82) is 0 Å². The number of amides is 4. The van der Waals surface area contributed by atoms with Crippen LogP contribution in [0.1, 0.15) is 72.1 Å². The number of nitrogens with zero attached hydrogens (tertiary/aromatic N) is 8. The van der Waals surface area contributed by atoms with E-state index in [1.807, 2.05) is 40.0 Å². The van der Waals surface area contributed by atoms with Crippen LogP contribution < -0.4 is 30.7 Å². The van der Waals surface area contributed by atoms with Crippen LogP contribution in [0, 0.1) is 23.4 Å². The van der Waals surface area contributed by atoms with Crippen molar-refractivity contribution in [2.45, 2.75) is 63.6 Å². The fourth-order valence-electron chi connectivity index (χ4n) is 9.95. The predicted molar refractivity (Wildman–Crippen MR) is 259 cm³/mol. The Morgan fingerprint density at radius 2 is 1.61 bits per heavy atom. The lowest BCUT2D eigenvalue weighted by atomic mass is 9.86. The summed E-state index contributed by atoms with van der Waals surface area (Å²) in [5.74, 6) is -5.57. The molecule has 2 saturated heterocycles. The minimum absolute atomic E-state index is 0.0458. The molecular weight excluding hydrogens is 934 g/mol. The minimum Gasteiger partial charge on any atom is -0.497 e. The van der Waals surface area contributed by atoms with Crippen molar-refractivity contribution < 1.29 is 41.8 Å². The van der Waals surface area contributed by atoms with E-state index in [0.29, 0.717) is 66.1 Å². The Morgan fingerprint density at radius 3 is 2.36 bits per heavy atom. The van der Waals surface area contributed by atoms with E-state index in [2.05, 4.69) is 20.5 Å². The van der Waals surface area contributed by atoms with E-state index in [0.717, 1.165) is 47.7 Å². The molecule has 0 bridgehead atoms. The lowest BCUT2D eigenvalue weighted by molar-refractivity contribution is -0.136. The zero-order valence-corrected chi connectivity index (χ0v) is 39.6. The van der Waals surface area contributed by atoms with Crippen molar-refractivity contribution >= 4 is 51.4 Å². The van der Waals surface area contributed by atoms with E-state index >= 15 is 4.39 Å². The van der Waals surface area contributed by atoms with Crippen LogP contribution in [0.4, 0.5) is 19.0 Å². The number of rotatable bonds is 13. The number of piperazine rings is 1. The molecule has 0 radical (unpaired) electrons. The third-order valence-corrected chi connectivity index (χ3v) is 14.1. The van der Waals surface area contributed by atoms with Crippen molar-refractivity contribution in [3.63, 3.8) is 0 Å². The molecule has 1 saturated carbocycles. The summed E-state index contributed by atoms with van der Waals surface area (Å²) in [5, 5.41) is 10.9. The van der Waals surface area contributed by atoms with Crippen LogP contribution in [0.15, 0.2) is 90.1 Å². The highest BCUT2D eigenvalue weighted by molar-refractivity contribution is 6.00. The average Bonchev–Trinajstić information content (AvgIpc) is 3.94. The molecule has 3 aliphatic rings. The van der Waals surface area contributed by atoms with Crippen molar-refractivity contribution in [3.8, 4) is 22.8 Å². The molecule has 4 amide bonds. The number of imide groups is 1. The topological polar surface area (TPSA) is 188 Å². The lowest BCUT2D eigenvalue weighted by Gasteiger charge is -2.35. The summed E-state index contributed by atoms with van der Waals surface area (Å²) < 4.78 is 60.2. The minimum atomic E-state index is -1.57. The Labute approximate surface area is 410 Å². The second-order valence-electron chi connectivity index (χ2n) is 18.6. The van der Waals surface area contributed by atoms with Crippen LogP contribution >= 0.6 is 0 Å². The number of carbonyl (C=O) groups is 4. The number of piperidine rings is 1. The van der Waals surface area contributed by atoms with E-state index in [1.54, 1.807) is 55.8 Å². The number of halogens is 3. The summed E-state index contributed by atoms with van der Waals surface area (Å²) in [6, 6.07) is 18.0. The van der Waals surface area contributed by atoms with Gasteiger partial charge < -0.3 is 24.6 Å². The first-order chi connectivity index (χ1) is 34.8. The molecule has 7 aromatic rings. The molecule has 72 heavy (non-hydrogen) atoms. The maximum absolute atomic E-state index is 15.1. The molecule has 1 unspecified atom stereocenters. The largest absolute Gasteiger partial charge is 0.497 e. The number of benzene rings is 4. The number of imidazole rings is 1. The summed E-state index contributed by atoms with van der Waals surface area (Å²) in [6.07, 6.45) is 9.05. The zero-order chi connectivity index (χ0) is 50.2. The van der Waals surface area contributed by atoms with Crippen LogP contribution in [0.25, 0.3) is 33.2 Å². The summed E-state index contributed by atoms with van der Waals surface area (Å²) in [4.78, 5) is 77.4. The first-order valence-corrected chi connectivity index (χ1v) is 23.9. The number of anilines is 1. The monoisotopic (exact) mass is 984 g/mol. The first kappa shape index (κ1) is 47.6. The van der Waals surface area contributed by atoms with Crippen LogP contribution in [-0.2, 0) is 34.5 Å². The van der Waals surface area contributed by atoms with Crippen LogP contribution in [0.3, 0.4) is 0 Å². The highest BCUT2D eigenvalue weighted by atomic mass is 19.2. The molecule has 1 atom stereocenters. The third kappa shape index (κ3) is 9.59. The van der Waals surface area contributed by atoms with Gasteiger partial charge in [0.15, 0.2) is 17.4 Å². The molecule has 2 aliphatic heterocycles. The standard InChI is InChI=1S/C52H51F3N10O7/c1-61-43-21-32(7-14-41(43)65(52(61)70)42-15-16-45(66)59-51(42)69)22-46(67)63-19-17-62(18-20-63)44-27-56-26-40(58-44)33-8-9-34-28-64(60-39(34)23-33)35-10-3-30(4-11-35)25-57-50(68)37-24-38(53)49(48(55)47(37)54)72-29-31-5-12-36(71-2)13-6-31/h5-9,12-14,21,23-24,26-28,30,35,42H,3-4,10-11,15-20,22,25,29H2,1-2H3,(H,57,68)(H,59,66,69)/t30-,35-,42?. The van der Waals surface area contributed by atoms with Gasteiger partial charge in [0, 0.05) is 63.3 Å². The van der Waals surface area contributed by atoms with Gasteiger partial charge >= 0.3 is 5.69 Å². The van der Waals surface area contributed by atoms with Crippen LogP contribution in [-0.4, -0.2) is 97.2 Å². The van der Waals surface area contributed by atoms with E-state index in [9.17, 15) is 32.8 Å². The van der Waals surface area contributed by atoms with Crippen LogP contribution in [0.2, 0.25) is 0 Å². The molecular formula is C52H51F3N10O7. The molecule has 20 heteroatoms. The number of methoxy groups -OCH3 is 1. The molecule has 3 fully saturated rings. The molecule has 10 rings (SSSR count). The molecule has 5 heterocycles. The highest BCUT2D eigenvalue weighted by Gasteiger charge is 2.32. The van der Waals surface area contributed by atoms with Crippen molar-refractivity contribution in [2.24, 2.45) is 13.0 Å². The maximum atomic E-state index is 15.1. The van der Waals surface area contributed by atoms with Gasteiger partial charge in [-0.15, -0.1) is 0 Å². The summed E-state index contributed by atoms with van der Waals surface area (Å²) in [5.41, 5.74) is 3.73. The van der Waals surface area contributed by atoms with Gasteiger partial charge in [0.1, 0.15) is 24.2 Å². The Morgan fingerprint density at radius 1 is 0.847 bits per heavy atom. The number of hydrogen-bond acceptors (Lipinski definition) is 11. The van der Waals surface area contributed by atoms with Gasteiger partial charge in [-0.2, -0.15) is 9.49 Å². The zero-order valence-electron chi connectivity index (χ0n) is 39.6. The van der Waals surface area contributed by atoms with E-state index in [4.69, 9.17) is 19.6 Å². The Hall–Kier alpha value is -8.03. The van der Waals surface area contributed by atoms with Gasteiger partial charge in [0.25, 0.3) is 5.91 Å². The number of carbonyl (C=O) groups excluding carboxylic acids is 4. The first-order valence-electron chi connectivity index (χ1n) is 23.9. The average molecular weight is 985 g/mol.